The van der Waals surface area contributed by atoms with E-state index in [0.717, 1.165) is 72.4 Å². The zero-order chi connectivity index (χ0) is 21.9. The Bertz CT molecular complexity index is 1240. The Labute approximate surface area is 187 Å². The number of nitrogens with one attached hydrogen (secondary N) is 1. The number of piperidine rings is 1. The van der Waals surface area contributed by atoms with Gasteiger partial charge in [0.05, 0.1) is 19.2 Å². The molecule has 1 aliphatic rings. The van der Waals surface area contributed by atoms with Crippen molar-refractivity contribution >= 4 is 21.9 Å². The quantitative estimate of drug-likeness (QED) is 0.479. The lowest BCUT2D eigenvalue weighted by Gasteiger charge is -2.32. The number of likely N-dealkylation sites (tertiary alicyclic amines) is 1. The second kappa shape index (κ2) is 9.18. The van der Waals surface area contributed by atoms with Crippen LogP contribution >= 0.6 is 0 Å². The van der Waals surface area contributed by atoms with Crippen LogP contribution < -0.4 is 15.6 Å². The van der Waals surface area contributed by atoms with Crippen LogP contribution in [0, 0.1) is 0 Å². The van der Waals surface area contributed by atoms with Crippen molar-refractivity contribution in [2.75, 3.05) is 26.7 Å². The molecule has 1 saturated heterocycles. The van der Waals surface area contributed by atoms with Gasteiger partial charge in [0.1, 0.15) is 17.1 Å². The molecular formula is C26H29N3O3. The van der Waals surface area contributed by atoms with E-state index in [-0.39, 0.29) is 5.56 Å². The molecule has 0 spiro atoms. The third-order valence-electron chi connectivity index (χ3n) is 6.47. The molecule has 0 unspecified atom stereocenters. The summed E-state index contributed by atoms with van der Waals surface area (Å²) >= 11 is 0. The van der Waals surface area contributed by atoms with E-state index in [9.17, 15) is 4.79 Å². The summed E-state index contributed by atoms with van der Waals surface area (Å²) in [5.41, 5.74) is 1.91. The first-order chi connectivity index (χ1) is 15.7. The van der Waals surface area contributed by atoms with Gasteiger partial charge in [-0.1, -0.05) is 18.2 Å². The van der Waals surface area contributed by atoms with Crippen molar-refractivity contribution in [1.82, 2.24) is 14.8 Å². The minimum absolute atomic E-state index is 0.0353. The van der Waals surface area contributed by atoms with Crippen LogP contribution in [0.15, 0.2) is 69.9 Å². The molecule has 0 bridgehead atoms. The highest BCUT2D eigenvalue weighted by Gasteiger charge is 2.19. The number of hydrogen-bond acceptors (Lipinski definition) is 5. The highest BCUT2D eigenvalue weighted by Crippen LogP contribution is 2.21. The smallest absolute Gasteiger partial charge is 0.251 e. The fraction of sp³-hybridized carbons (Fsp3) is 0.346. The van der Waals surface area contributed by atoms with Crippen LogP contribution in [-0.2, 0) is 13.1 Å². The summed E-state index contributed by atoms with van der Waals surface area (Å²) in [6.45, 7) is 4.36. The van der Waals surface area contributed by atoms with Gasteiger partial charge in [-0.3, -0.25) is 4.79 Å². The van der Waals surface area contributed by atoms with Crippen LogP contribution in [0.5, 0.6) is 5.75 Å². The minimum Gasteiger partial charge on any atom is -0.497 e. The Morgan fingerprint density at radius 1 is 1.00 bits per heavy atom. The zero-order valence-electron chi connectivity index (χ0n) is 18.4. The standard InChI is InChI=1S/C26H29N3O3/c1-31-22-8-6-19-7-9-26(30)29(24(19)17-22)15-14-28-12-10-21(11-13-28)27-18-23-16-20-4-2-3-5-25(20)32-23/h2-9,16-17,21,27H,10-15,18H2,1H3. The van der Waals surface area contributed by atoms with Crippen LogP contribution in [0.25, 0.3) is 21.9 Å². The molecule has 0 saturated carbocycles. The number of hydrogen-bond donors (Lipinski definition) is 1. The highest BCUT2D eigenvalue weighted by molar-refractivity contribution is 5.80. The SMILES string of the molecule is COc1ccc2ccc(=O)n(CCN3CCC(NCc4cc5ccccc5o4)CC3)c2c1. The molecule has 2 aromatic heterocycles. The lowest BCUT2D eigenvalue weighted by atomic mass is 10.0. The Balaban J connectivity index is 1.15. The Morgan fingerprint density at radius 2 is 1.81 bits per heavy atom. The van der Waals surface area contributed by atoms with Gasteiger partial charge in [-0.25, -0.2) is 0 Å². The molecule has 4 aromatic rings. The van der Waals surface area contributed by atoms with Crippen molar-refractivity contribution in [1.29, 1.82) is 0 Å². The predicted octanol–water partition coefficient (Wildman–Crippen LogP) is 4.01. The average Bonchev–Trinajstić information content (AvgIpc) is 3.25. The van der Waals surface area contributed by atoms with Crippen molar-refractivity contribution in [3.05, 3.63) is 76.8 Å². The van der Waals surface area contributed by atoms with E-state index in [1.54, 1.807) is 13.2 Å². The maximum Gasteiger partial charge on any atom is 0.251 e. The second-order valence-electron chi connectivity index (χ2n) is 8.50. The maximum absolute atomic E-state index is 12.5. The second-order valence-corrected chi connectivity index (χ2v) is 8.50. The Kier molecular flexibility index (Phi) is 5.97. The molecule has 2 aromatic carbocycles. The zero-order valence-corrected chi connectivity index (χ0v) is 18.4. The topological polar surface area (TPSA) is 59.6 Å². The van der Waals surface area contributed by atoms with Crippen molar-refractivity contribution in [3.63, 3.8) is 0 Å². The number of methoxy groups -OCH3 is 1. The van der Waals surface area contributed by atoms with Crippen molar-refractivity contribution in [3.8, 4) is 5.75 Å². The molecule has 166 valence electrons. The van der Waals surface area contributed by atoms with E-state index < -0.39 is 0 Å². The van der Waals surface area contributed by atoms with Gasteiger partial charge in [0.2, 0.25) is 0 Å². The molecule has 32 heavy (non-hydrogen) atoms. The summed E-state index contributed by atoms with van der Waals surface area (Å²) in [5, 5.41) is 5.86. The van der Waals surface area contributed by atoms with E-state index in [4.69, 9.17) is 9.15 Å². The van der Waals surface area contributed by atoms with E-state index in [1.165, 1.54) is 0 Å². The lowest BCUT2D eigenvalue weighted by Crippen LogP contribution is -2.43. The molecule has 3 heterocycles. The third kappa shape index (κ3) is 4.42. The van der Waals surface area contributed by atoms with Gasteiger partial charge in [0.25, 0.3) is 5.56 Å². The normalized spacial score (nSPS) is 15.5. The Morgan fingerprint density at radius 3 is 2.62 bits per heavy atom. The number of benzene rings is 2. The largest absolute Gasteiger partial charge is 0.497 e. The molecule has 1 aliphatic heterocycles. The summed E-state index contributed by atoms with van der Waals surface area (Å²) in [6.07, 6.45) is 2.19. The number of ether oxygens (including phenoxy) is 1. The maximum atomic E-state index is 12.5. The van der Waals surface area contributed by atoms with Gasteiger partial charge in [-0.2, -0.15) is 0 Å². The average molecular weight is 432 g/mol. The summed E-state index contributed by atoms with van der Waals surface area (Å²) in [6, 6.07) is 20.2. The first-order valence-corrected chi connectivity index (χ1v) is 11.3. The molecule has 5 rings (SSSR count). The Hall–Kier alpha value is -3.09. The van der Waals surface area contributed by atoms with Crippen molar-refractivity contribution < 1.29 is 9.15 Å². The monoisotopic (exact) mass is 431 g/mol. The molecule has 0 amide bonds. The number of pyridine rings is 1. The van der Waals surface area contributed by atoms with Gasteiger partial charge < -0.3 is 23.9 Å². The fourth-order valence-electron chi connectivity index (χ4n) is 4.60. The van der Waals surface area contributed by atoms with Gasteiger partial charge in [-0.05, 0) is 61.6 Å². The number of fused-ring (bicyclic) bond motifs is 2. The summed E-state index contributed by atoms with van der Waals surface area (Å²) < 4.78 is 13.1. The highest BCUT2D eigenvalue weighted by atomic mass is 16.5. The number of nitrogens with zero attached hydrogens (tertiary/aromatic N) is 2. The molecule has 1 fully saturated rings. The summed E-state index contributed by atoms with van der Waals surface area (Å²) in [7, 11) is 1.65. The van der Waals surface area contributed by atoms with Gasteiger partial charge in [0.15, 0.2) is 0 Å². The van der Waals surface area contributed by atoms with Crippen LogP contribution in [0.4, 0.5) is 0 Å². The molecular weight excluding hydrogens is 402 g/mol. The lowest BCUT2D eigenvalue weighted by molar-refractivity contribution is 0.190. The molecule has 0 aliphatic carbocycles. The van der Waals surface area contributed by atoms with E-state index in [2.05, 4.69) is 22.3 Å². The molecule has 6 nitrogen and oxygen atoms in total. The van der Waals surface area contributed by atoms with E-state index in [1.807, 2.05) is 47.0 Å². The van der Waals surface area contributed by atoms with Gasteiger partial charge in [0, 0.05) is 36.7 Å². The molecule has 1 N–H and O–H groups in total. The van der Waals surface area contributed by atoms with E-state index in [0.29, 0.717) is 12.6 Å². The van der Waals surface area contributed by atoms with Crippen molar-refractivity contribution in [2.45, 2.75) is 32.0 Å². The summed E-state index contributed by atoms with van der Waals surface area (Å²) in [5.74, 6) is 1.76. The molecule has 0 radical (unpaired) electrons. The minimum atomic E-state index is 0.0353. The number of rotatable bonds is 7. The first-order valence-electron chi connectivity index (χ1n) is 11.3. The molecule has 0 atom stereocenters. The predicted molar refractivity (Wildman–Crippen MR) is 127 cm³/mol. The van der Waals surface area contributed by atoms with Gasteiger partial charge >= 0.3 is 0 Å². The van der Waals surface area contributed by atoms with E-state index >= 15 is 0 Å². The van der Waals surface area contributed by atoms with Crippen LogP contribution in [0.2, 0.25) is 0 Å². The van der Waals surface area contributed by atoms with Crippen LogP contribution in [0.3, 0.4) is 0 Å². The number of aromatic nitrogens is 1. The molecule has 6 heteroatoms. The van der Waals surface area contributed by atoms with Crippen LogP contribution in [-0.4, -0.2) is 42.3 Å². The van der Waals surface area contributed by atoms with Gasteiger partial charge in [-0.15, -0.1) is 0 Å². The number of furan rings is 1. The van der Waals surface area contributed by atoms with Crippen molar-refractivity contribution in [2.24, 2.45) is 0 Å². The number of para-hydroxylation sites is 1. The third-order valence-corrected chi connectivity index (χ3v) is 6.47. The summed E-state index contributed by atoms with van der Waals surface area (Å²) in [4.78, 5) is 15.0. The first kappa shape index (κ1) is 20.8. The fourth-order valence-corrected chi connectivity index (χ4v) is 4.60. The van der Waals surface area contributed by atoms with Crippen LogP contribution in [0.1, 0.15) is 18.6 Å².